The Bertz CT molecular complexity index is 304. The van der Waals surface area contributed by atoms with Crippen LogP contribution < -0.4 is 14.8 Å². The average molecular weight is 216 g/mol. The molecule has 1 aromatic carbocycles. The van der Waals surface area contributed by atoms with E-state index in [0.717, 1.165) is 24.5 Å². The first-order chi connectivity index (χ1) is 6.40. The van der Waals surface area contributed by atoms with E-state index < -0.39 is 0 Å². The van der Waals surface area contributed by atoms with Gasteiger partial charge in [-0.25, -0.2) is 0 Å². The van der Waals surface area contributed by atoms with Crippen molar-refractivity contribution in [2.75, 3.05) is 20.4 Å². The van der Waals surface area contributed by atoms with Crippen LogP contribution >= 0.6 is 12.4 Å². The van der Waals surface area contributed by atoms with Gasteiger partial charge in [0.05, 0.1) is 0 Å². The number of fused-ring (bicyclic) bond motifs is 1. The smallest absolute Gasteiger partial charge is 0.231 e. The highest BCUT2D eigenvalue weighted by Gasteiger charge is 2.12. The van der Waals surface area contributed by atoms with Crippen LogP contribution in [-0.4, -0.2) is 20.4 Å². The summed E-state index contributed by atoms with van der Waals surface area (Å²) in [6.45, 7) is 1.34. The maximum atomic E-state index is 5.28. The van der Waals surface area contributed by atoms with Crippen LogP contribution in [0.25, 0.3) is 0 Å². The lowest BCUT2D eigenvalue weighted by Crippen LogP contribution is -2.10. The Morgan fingerprint density at radius 3 is 2.86 bits per heavy atom. The molecule has 0 saturated carbocycles. The van der Waals surface area contributed by atoms with Crippen molar-refractivity contribution in [2.45, 2.75) is 6.42 Å². The lowest BCUT2D eigenvalue weighted by Gasteiger charge is -2.01. The predicted octanol–water partition coefficient (Wildman–Crippen LogP) is 1.60. The van der Waals surface area contributed by atoms with Gasteiger partial charge in [-0.1, -0.05) is 6.07 Å². The summed E-state index contributed by atoms with van der Waals surface area (Å²) in [6.07, 6.45) is 1.02. The van der Waals surface area contributed by atoms with Gasteiger partial charge in [0.15, 0.2) is 11.5 Å². The van der Waals surface area contributed by atoms with Crippen LogP contribution in [0.1, 0.15) is 5.56 Å². The molecular formula is C10H14ClNO2. The summed E-state index contributed by atoms with van der Waals surface area (Å²) >= 11 is 0. The van der Waals surface area contributed by atoms with Crippen LogP contribution in [0.4, 0.5) is 0 Å². The third kappa shape index (κ3) is 2.30. The molecule has 1 aliphatic heterocycles. The zero-order valence-corrected chi connectivity index (χ0v) is 8.89. The summed E-state index contributed by atoms with van der Waals surface area (Å²) < 4.78 is 10.5. The number of likely N-dealkylation sites (N-methyl/N-ethyl adjacent to an activating group) is 1. The van der Waals surface area contributed by atoms with Gasteiger partial charge in [-0.3, -0.25) is 0 Å². The van der Waals surface area contributed by atoms with Crippen molar-refractivity contribution in [1.29, 1.82) is 0 Å². The summed E-state index contributed by atoms with van der Waals surface area (Å²) in [5, 5.41) is 3.11. The molecule has 0 spiro atoms. The van der Waals surface area contributed by atoms with Crippen LogP contribution in [0.5, 0.6) is 11.5 Å². The number of hydrogen-bond donors (Lipinski definition) is 1. The molecule has 3 nitrogen and oxygen atoms in total. The Kier molecular flexibility index (Phi) is 4.04. The van der Waals surface area contributed by atoms with Gasteiger partial charge in [0, 0.05) is 0 Å². The molecule has 2 rings (SSSR count). The van der Waals surface area contributed by atoms with Crippen molar-refractivity contribution in [1.82, 2.24) is 5.32 Å². The minimum absolute atomic E-state index is 0. The van der Waals surface area contributed by atoms with Crippen molar-refractivity contribution in [3.63, 3.8) is 0 Å². The van der Waals surface area contributed by atoms with Gasteiger partial charge in [0.2, 0.25) is 6.79 Å². The first-order valence-corrected chi connectivity index (χ1v) is 4.43. The molecule has 14 heavy (non-hydrogen) atoms. The summed E-state index contributed by atoms with van der Waals surface area (Å²) in [6, 6.07) is 6.08. The van der Waals surface area contributed by atoms with E-state index in [1.807, 2.05) is 19.2 Å². The fourth-order valence-corrected chi connectivity index (χ4v) is 1.37. The molecular weight excluding hydrogens is 202 g/mol. The molecule has 0 fully saturated rings. The summed E-state index contributed by atoms with van der Waals surface area (Å²) in [5.74, 6) is 1.72. The van der Waals surface area contributed by atoms with Gasteiger partial charge in [-0.05, 0) is 37.7 Å². The summed E-state index contributed by atoms with van der Waals surface area (Å²) in [4.78, 5) is 0. The Balaban J connectivity index is 0.000000980. The first-order valence-electron chi connectivity index (χ1n) is 4.43. The van der Waals surface area contributed by atoms with E-state index in [0.29, 0.717) is 6.79 Å². The van der Waals surface area contributed by atoms with Crippen LogP contribution in [-0.2, 0) is 6.42 Å². The Labute approximate surface area is 89.8 Å². The molecule has 0 atom stereocenters. The molecule has 0 saturated heterocycles. The van der Waals surface area contributed by atoms with Gasteiger partial charge in [0.1, 0.15) is 0 Å². The zero-order valence-electron chi connectivity index (χ0n) is 8.08. The topological polar surface area (TPSA) is 30.5 Å². The second kappa shape index (κ2) is 5.08. The Morgan fingerprint density at radius 1 is 1.29 bits per heavy atom. The fourth-order valence-electron chi connectivity index (χ4n) is 1.37. The lowest BCUT2D eigenvalue weighted by atomic mass is 10.1. The molecule has 0 radical (unpaired) electrons. The van der Waals surface area contributed by atoms with Crippen molar-refractivity contribution < 1.29 is 9.47 Å². The summed E-state index contributed by atoms with van der Waals surface area (Å²) in [7, 11) is 1.95. The second-order valence-electron chi connectivity index (χ2n) is 3.04. The molecule has 4 heteroatoms. The zero-order chi connectivity index (χ0) is 9.10. The SMILES string of the molecule is CNCCc1ccc2c(c1)OCO2.Cl. The predicted molar refractivity (Wildman–Crippen MR) is 57.4 cm³/mol. The normalized spacial score (nSPS) is 12.4. The molecule has 0 unspecified atom stereocenters. The van der Waals surface area contributed by atoms with Gasteiger partial charge in [0.25, 0.3) is 0 Å². The maximum Gasteiger partial charge on any atom is 0.231 e. The van der Waals surface area contributed by atoms with Crippen molar-refractivity contribution >= 4 is 12.4 Å². The average Bonchev–Trinajstić information content (AvgIpc) is 2.61. The molecule has 0 aromatic heterocycles. The van der Waals surface area contributed by atoms with Crippen molar-refractivity contribution in [3.8, 4) is 11.5 Å². The van der Waals surface area contributed by atoms with Gasteiger partial charge in [-0.15, -0.1) is 12.4 Å². The van der Waals surface area contributed by atoms with Crippen LogP contribution in [0.3, 0.4) is 0 Å². The minimum atomic E-state index is 0. The third-order valence-electron chi connectivity index (χ3n) is 2.10. The first kappa shape index (κ1) is 11.1. The van der Waals surface area contributed by atoms with Crippen LogP contribution in [0, 0.1) is 0 Å². The van der Waals surface area contributed by atoms with E-state index in [4.69, 9.17) is 9.47 Å². The molecule has 1 aliphatic rings. The number of rotatable bonds is 3. The van der Waals surface area contributed by atoms with E-state index in [1.165, 1.54) is 5.56 Å². The van der Waals surface area contributed by atoms with Gasteiger partial charge < -0.3 is 14.8 Å². The monoisotopic (exact) mass is 215 g/mol. The maximum absolute atomic E-state index is 5.28. The quantitative estimate of drug-likeness (QED) is 0.831. The Morgan fingerprint density at radius 2 is 2.07 bits per heavy atom. The van der Waals surface area contributed by atoms with Gasteiger partial charge in [-0.2, -0.15) is 0 Å². The lowest BCUT2D eigenvalue weighted by molar-refractivity contribution is 0.174. The molecule has 0 amide bonds. The van der Waals surface area contributed by atoms with Crippen LogP contribution in [0.2, 0.25) is 0 Å². The number of nitrogens with one attached hydrogen (secondary N) is 1. The van der Waals surface area contributed by atoms with Crippen molar-refractivity contribution in [2.24, 2.45) is 0 Å². The second-order valence-corrected chi connectivity index (χ2v) is 3.04. The fraction of sp³-hybridized carbons (Fsp3) is 0.400. The Hall–Kier alpha value is -0.930. The molecule has 0 aliphatic carbocycles. The highest BCUT2D eigenvalue weighted by atomic mass is 35.5. The number of benzene rings is 1. The van der Waals surface area contributed by atoms with E-state index in [9.17, 15) is 0 Å². The molecule has 1 aromatic rings. The highest BCUT2D eigenvalue weighted by molar-refractivity contribution is 5.85. The number of hydrogen-bond acceptors (Lipinski definition) is 3. The van der Waals surface area contributed by atoms with E-state index in [1.54, 1.807) is 0 Å². The number of halogens is 1. The van der Waals surface area contributed by atoms with Crippen LogP contribution in [0.15, 0.2) is 18.2 Å². The molecule has 1 heterocycles. The standard InChI is InChI=1S/C10H13NO2.ClH/c1-11-5-4-8-2-3-9-10(6-8)13-7-12-9;/h2-3,6,11H,4-5,7H2,1H3;1H. The highest BCUT2D eigenvalue weighted by Crippen LogP contribution is 2.32. The van der Waals surface area contributed by atoms with Crippen molar-refractivity contribution in [3.05, 3.63) is 23.8 Å². The van der Waals surface area contributed by atoms with Gasteiger partial charge >= 0.3 is 0 Å². The summed E-state index contributed by atoms with van der Waals surface area (Å²) in [5.41, 5.74) is 1.28. The van der Waals surface area contributed by atoms with E-state index in [2.05, 4.69) is 11.4 Å². The van der Waals surface area contributed by atoms with E-state index >= 15 is 0 Å². The third-order valence-corrected chi connectivity index (χ3v) is 2.10. The molecule has 78 valence electrons. The molecule has 1 N–H and O–H groups in total. The van der Waals surface area contributed by atoms with E-state index in [-0.39, 0.29) is 12.4 Å². The molecule has 0 bridgehead atoms. The minimum Gasteiger partial charge on any atom is -0.454 e. The number of ether oxygens (including phenoxy) is 2. The largest absolute Gasteiger partial charge is 0.454 e.